The molecule has 0 spiro atoms. The predicted molar refractivity (Wildman–Crippen MR) is 108 cm³/mol. The van der Waals surface area contributed by atoms with Gasteiger partial charge in [0.05, 0.1) is 12.5 Å². The third kappa shape index (κ3) is 4.00. The number of carbonyl (C=O) groups excluding carboxylic acids is 3. The maximum atomic E-state index is 12.6. The first-order chi connectivity index (χ1) is 14.5. The molecule has 2 aromatic heterocycles. The van der Waals surface area contributed by atoms with Gasteiger partial charge in [-0.1, -0.05) is 36.4 Å². The number of benzene rings is 1. The number of pyridine rings is 1. The van der Waals surface area contributed by atoms with Crippen molar-refractivity contribution in [1.29, 1.82) is 0 Å². The van der Waals surface area contributed by atoms with E-state index in [1.165, 1.54) is 4.90 Å². The van der Waals surface area contributed by atoms with Gasteiger partial charge in [-0.15, -0.1) is 10.2 Å². The van der Waals surface area contributed by atoms with Crippen LogP contribution in [0, 0.1) is 0 Å². The minimum absolute atomic E-state index is 0.131. The molecule has 3 heterocycles. The number of hydrogen-bond donors (Lipinski definition) is 2. The fraction of sp³-hybridized carbons (Fsp3) is 0.286. The average Bonchev–Trinajstić information content (AvgIpc) is 3.28. The molecule has 1 aliphatic heterocycles. The van der Waals surface area contributed by atoms with Gasteiger partial charge in [0, 0.05) is 12.7 Å². The number of hydrogen-bond acceptors (Lipinski definition) is 5. The van der Waals surface area contributed by atoms with Crippen molar-refractivity contribution in [3.63, 3.8) is 0 Å². The number of imide groups is 1. The van der Waals surface area contributed by atoms with Crippen LogP contribution in [0.1, 0.15) is 30.8 Å². The second kappa shape index (κ2) is 8.32. The first-order valence-electron chi connectivity index (χ1n) is 9.78. The van der Waals surface area contributed by atoms with Crippen LogP contribution in [0.25, 0.3) is 5.65 Å². The molecule has 3 aromatic rings. The molecule has 4 amide bonds. The molecule has 0 saturated carbocycles. The summed E-state index contributed by atoms with van der Waals surface area (Å²) in [7, 11) is 0. The molecule has 2 N–H and O–H groups in total. The second-order valence-electron chi connectivity index (χ2n) is 7.21. The molecule has 2 atom stereocenters. The Bertz CT molecular complexity index is 1080. The lowest BCUT2D eigenvalue weighted by Gasteiger charge is -2.15. The quantitative estimate of drug-likeness (QED) is 0.578. The molecule has 1 aromatic carbocycles. The minimum atomic E-state index is -0.865. The predicted octanol–water partition coefficient (Wildman–Crippen LogP) is 1.46. The number of fused-ring (bicyclic) bond motifs is 1. The first-order valence-corrected chi connectivity index (χ1v) is 9.78. The highest BCUT2D eigenvalue weighted by molar-refractivity contribution is 6.05. The highest BCUT2D eigenvalue weighted by atomic mass is 16.2. The Morgan fingerprint density at radius 2 is 1.90 bits per heavy atom. The Kier molecular flexibility index (Phi) is 5.42. The van der Waals surface area contributed by atoms with Crippen LogP contribution < -0.4 is 10.6 Å². The van der Waals surface area contributed by atoms with Crippen LogP contribution >= 0.6 is 0 Å². The van der Waals surface area contributed by atoms with Crippen LogP contribution in [0.3, 0.4) is 0 Å². The monoisotopic (exact) mass is 406 g/mol. The fourth-order valence-corrected chi connectivity index (χ4v) is 3.52. The van der Waals surface area contributed by atoms with Crippen LogP contribution in [0.2, 0.25) is 0 Å². The largest absolute Gasteiger partial charge is 0.346 e. The molecule has 9 nitrogen and oxygen atoms in total. The Hall–Kier alpha value is -3.75. The number of nitrogens with one attached hydrogen (secondary N) is 2. The molecular formula is C21H22N6O3. The summed E-state index contributed by atoms with van der Waals surface area (Å²) in [6, 6.07) is 13.4. The van der Waals surface area contributed by atoms with Crippen molar-refractivity contribution in [3.05, 3.63) is 66.1 Å². The Morgan fingerprint density at radius 1 is 1.13 bits per heavy atom. The number of nitrogens with zero attached hydrogens (tertiary/aromatic N) is 4. The van der Waals surface area contributed by atoms with E-state index in [4.69, 9.17) is 0 Å². The van der Waals surface area contributed by atoms with Gasteiger partial charge in [-0.2, -0.15) is 0 Å². The maximum absolute atomic E-state index is 12.6. The zero-order valence-electron chi connectivity index (χ0n) is 16.5. The number of urea groups is 1. The van der Waals surface area contributed by atoms with E-state index in [-0.39, 0.29) is 24.8 Å². The molecule has 0 bridgehead atoms. The zero-order valence-corrected chi connectivity index (χ0v) is 16.5. The molecule has 154 valence electrons. The minimum Gasteiger partial charge on any atom is -0.346 e. The van der Waals surface area contributed by atoms with E-state index < -0.39 is 18.1 Å². The molecule has 1 aliphatic rings. The van der Waals surface area contributed by atoms with Gasteiger partial charge in [0.1, 0.15) is 6.04 Å². The standard InChI is InChI=1S/C21H22N6O3/c1-14(19-25-24-17-9-5-6-11-26(17)19)22-18(28)13-16-20(29)27(21(30)23-16)12-10-15-7-3-2-4-8-15/h2-9,11,14,16H,10,12-13H2,1H3,(H,22,28)(H,23,30)/t14-,16+/m0/s1. The van der Waals surface area contributed by atoms with Gasteiger partial charge in [-0.3, -0.25) is 18.9 Å². The van der Waals surface area contributed by atoms with Gasteiger partial charge >= 0.3 is 6.03 Å². The summed E-state index contributed by atoms with van der Waals surface area (Å²) in [6.45, 7) is 2.07. The van der Waals surface area contributed by atoms with E-state index in [9.17, 15) is 14.4 Å². The van der Waals surface area contributed by atoms with E-state index in [0.29, 0.717) is 17.9 Å². The van der Waals surface area contributed by atoms with Crippen molar-refractivity contribution in [3.8, 4) is 0 Å². The zero-order chi connectivity index (χ0) is 21.1. The van der Waals surface area contributed by atoms with E-state index >= 15 is 0 Å². The molecule has 9 heteroatoms. The van der Waals surface area contributed by atoms with Gasteiger partial charge in [0.15, 0.2) is 11.5 Å². The van der Waals surface area contributed by atoms with E-state index in [1.54, 1.807) is 11.3 Å². The van der Waals surface area contributed by atoms with Crippen LogP contribution in [-0.4, -0.2) is 49.9 Å². The van der Waals surface area contributed by atoms with Crippen LogP contribution in [-0.2, 0) is 16.0 Å². The lowest BCUT2D eigenvalue weighted by molar-refractivity contribution is -0.131. The van der Waals surface area contributed by atoms with Crippen LogP contribution in [0.5, 0.6) is 0 Å². The molecular weight excluding hydrogens is 384 g/mol. The van der Waals surface area contributed by atoms with E-state index in [2.05, 4.69) is 20.8 Å². The second-order valence-corrected chi connectivity index (χ2v) is 7.21. The van der Waals surface area contributed by atoms with Crippen molar-refractivity contribution >= 4 is 23.5 Å². The van der Waals surface area contributed by atoms with Gasteiger partial charge < -0.3 is 10.6 Å². The van der Waals surface area contributed by atoms with Gasteiger partial charge in [-0.05, 0) is 31.0 Å². The molecule has 1 fully saturated rings. The van der Waals surface area contributed by atoms with Crippen LogP contribution in [0.4, 0.5) is 4.79 Å². The summed E-state index contributed by atoms with van der Waals surface area (Å²) in [4.78, 5) is 38.4. The topological polar surface area (TPSA) is 109 Å². The normalized spacial score (nSPS) is 17.2. The molecule has 0 unspecified atom stereocenters. The summed E-state index contributed by atoms with van der Waals surface area (Å²) in [5.41, 5.74) is 1.72. The van der Waals surface area contributed by atoms with Gasteiger partial charge in [0.2, 0.25) is 5.91 Å². The number of amides is 4. The molecule has 0 aliphatic carbocycles. The number of rotatable bonds is 7. The van der Waals surface area contributed by atoms with Gasteiger partial charge in [0.25, 0.3) is 5.91 Å². The first kappa shape index (κ1) is 19.6. The summed E-state index contributed by atoms with van der Waals surface area (Å²) in [5, 5.41) is 13.6. The van der Waals surface area contributed by atoms with Crippen molar-refractivity contribution in [2.45, 2.75) is 31.8 Å². The average molecular weight is 406 g/mol. The Balaban J connectivity index is 1.34. The third-order valence-corrected chi connectivity index (χ3v) is 5.07. The molecule has 30 heavy (non-hydrogen) atoms. The van der Waals surface area contributed by atoms with Gasteiger partial charge in [-0.25, -0.2) is 4.79 Å². The maximum Gasteiger partial charge on any atom is 0.324 e. The third-order valence-electron chi connectivity index (χ3n) is 5.07. The smallest absolute Gasteiger partial charge is 0.324 e. The lowest BCUT2D eigenvalue weighted by atomic mass is 10.1. The highest BCUT2D eigenvalue weighted by Crippen LogP contribution is 2.14. The Labute approximate surface area is 173 Å². The summed E-state index contributed by atoms with van der Waals surface area (Å²) < 4.78 is 1.79. The highest BCUT2D eigenvalue weighted by Gasteiger charge is 2.38. The Morgan fingerprint density at radius 3 is 2.70 bits per heavy atom. The van der Waals surface area contributed by atoms with Crippen molar-refractivity contribution in [2.75, 3.05) is 6.54 Å². The van der Waals surface area contributed by atoms with Crippen molar-refractivity contribution in [2.24, 2.45) is 0 Å². The lowest BCUT2D eigenvalue weighted by Crippen LogP contribution is -2.38. The van der Waals surface area contributed by atoms with Crippen LogP contribution in [0.15, 0.2) is 54.7 Å². The van der Waals surface area contributed by atoms with Crippen molar-refractivity contribution in [1.82, 2.24) is 30.1 Å². The van der Waals surface area contributed by atoms with E-state index in [0.717, 1.165) is 5.56 Å². The summed E-state index contributed by atoms with van der Waals surface area (Å²) in [5.74, 6) is -0.143. The molecule has 1 saturated heterocycles. The number of carbonyl (C=O) groups is 3. The SMILES string of the molecule is C[C@H](NC(=O)C[C@H]1NC(=O)N(CCc2ccccc2)C1=O)c1nnc2ccccn12. The fourth-order valence-electron chi connectivity index (χ4n) is 3.52. The van der Waals surface area contributed by atoms with Crippen molar-refractivity contribution < 1.29 is 14.4 Å². The molecule has 4 rings (SSSR count). The van der Waals surface area contributed by atoms with E-state index in [1.807, 2.05) is 54.7 Å². The number of aromatic nitrogens is 3. The summed E-state index contributed by atoms with van der Waals surface area (Å²) in [6.07, 6.45) is 2.25. The summed E-state index contributed by atoms with van der Waals surface area (Å²) >= 11 is 0. The molecule has 0 radical (unpaired) electrons.